The summed E-state index contributed by atoms with van der Waals surface area (Å²) >= 11 is 1.30. The van der Waals surface area contributed by atoms with Crippen LogP contribution in [0.1, 0.15) is 5.56 Å². The van der Waals surface area contributed by atoms with E-state index in [-0.39, 0.29) is 5.82 Å². The van der Waals surface area contributed by atoms with Crippen molar-refractivity contribution in [2.75, 3.05) is 21.3 Å². The first-order valence-electron chi connectivity index (χ1n) is 7.65. The first-order chi connectivity index (χ1) is 12.6. The first kappa shape index (κ1) is 18.1. The highest BCUT2D eigenvalue weighted by Crippen LogP contribution is 2.33. The minimum absolute atomic E-state index is 0.321. The van der Waals surface area contributed by atoms with Crippen LogP contribution in [0.15, 0.2) is 46.0 Å². The van der Waals surface area contributed by atoms with Gasteiger partial charge in [-0.05, 0) is 36.4 Å². The Labute approximate surface area is 154 Å². The summed E-state index contributed by atoms with van der Waals surface area (Å²) in [5.41, 5.74) is 1.42. The molecule has 0 spiro atoms. The Morgan fingerprint density at radius 1 is 0.923 bits per heavy atom. The Bertz CT molecular complexity index is 901. The molecule has 3 aromatic rings. The largest absolute Gasteiger partial charge is 0.496 e. The van der Waals surface area contributed by atoms with Gasteiger partial charge in [0.25, 0.3) is 5.22 Å². The molecule has 2 aromatic carbocycles. The minimum atomic E-state index is -0.321. The van der Waals surface area contributed by atoms with Crippen molar-refractivity contribution >= 4 is 11.8 Å². The molecule has 0 unspecified atom stereocenters. The molecular formula is C18H17FN2O4S. The van der Waals surface area contributed by atoms with Crippen LogP contribution in [0.5, 0.6) is 17.2 Å². The maximum atomic E-state index is 13.4. The van der Waals surface area contributed by atoms with Gasteiger partial charge < -0.3 is 18.6 Å². The summed E-state index contributed by atoms with van der Waals surface area (Å²) in [7, 11) is 4.67. The van der Waals surface area contributed by atoms with Gasteiger partial charge in [0.2, 0.25) is 5.89 Å². The van der Waals surface area contributed by atoms with E-state index in [0.717, 1.165) is 0 Å². The van der Waals surface area contributed by atoms with E-state index in [2.05, 4.69) is 10.2 Å². The Morgan fingerprint density at radius 2 is 1.65 bits per heavy atom. The number of thioether (sulfide) groups is 1. The van der Waals surface area contributed by atoms with Crippen molar-refractivity contribution in [2.45, 2.75) is 11.0 Å². The van der Waals surface area contributed by atoms with Gasteiger partial charge in [0.1, 0.15) is 11.6 Å². The van der Waals surface area contributed by atoms with E-state index >= 15 is 0 Å². The normalized spacial score (nSPS) is 10.6. The second kappa shape index (κ2) is 8.09. The van der Waals surface area contributed by atoms with Crippen molar-refractivity contribution < 1.29 is 23.0 Å². The third-order valence-electron chi connectivity index (χ3n) is 3.63. The summed E-state index contributed by atoms with van der Waals surface area (Å²) in [6.45, 7) is 0. The Balaban J connectivity index is 1.75. The van der Waals surface area contributed by atoms with Crippen LogP contribution < -0.4 is 14.2 Å². The second-order valence-electron chi connectivity index (χ2n) is 5.19. The molecule has 1 aromatic heterocycles. The predicted molar refractivity (Wildman–Crippen MR) is 95.4 cm³/mol. The highest BCUT2D eigenvalue weighted by molar-refractivity contribution is 7.98. The maximum Gasteiger partial charge on any atom is 0.277 e. The number of benzene rings is 2. The summed E-state index contributed by atoms with van der Waals surface area (Å²) in [6, 6.07) is 9.71. The molecule has 0 aliphatic heterocycles. The smallest absolute Gasteiger partial charge is 0.277 e. The number of rotatable bonds is 7. The summed E-state index contributed by atoms with van der Waals surface area (Å²) in [5, 5.41) is 8.45. The highest BCUT2D eigenvalue weighted by Gasteiger charge is 2.14. The third-order valence-corrected chi connectivity index (χ3v) is 4.50. The van der Waals surface area contributed by atoms with Gasteiger partial charge in [-0.25, -0.2) is 4.39 Å². The van der Waals surface area contributed by atoms with E-state index < -0.39 is 0 Å². The lowest BCUT2D eigenvalue weighted by Gasteiger charge is -2.07. The van der Waals surface area contributed by atoms with E-state index in [1.807, 2.05) is 0 Å². The van der Waals surface area contributed by atoms with Crippen LogP contribution in [-0.4, -0.2) is 31.5 Å². The average Bonchev–Trinajstić information content (AvgIpc) is 3.15. The van der Waals surface area contributed by atoms with Gasteiger partial charge >= 0.3 is 0 Å². The number of hydrogen-bond acceptors (Lipinski definition) is 7. The van der Waals surface area contributed by atoms with Crippen LogP contribution >= 0.6 is 11.8 Å². The molecule has 0 amide bonds. The summed E-state index contributed by atoms with van der Waals surface area (Å²) < 4.78 is 34.8. The lowest BCUT2D eigenvalue weighted by molar-refractivity contribution is 0.355. The number of hydrogen-bond donors (Lipinski definition) is 0. The molecule has 0 radical (unpaired) electrons. The van der Waals surface area contributed by atoms with Crippen LogP contribution in [0.4, 0.5) is 4.39 Å². The molecule has 0 bridgehead atoms. The minimum Gasteiger partial charge on any atom is -0.496 e. The molecule has 0 saturated heterocycles. The quantitative estimate of drug-likeness (QED) is 0.573. The first-order valence-corrected chi connectivity index (χ1v) is 8.64. The average molecular weight is 376 g/mol. The number of aromatic nitrogens is 2. The SMILES string of the molecule is COc1ccc(F)cc1CSc1nnc(-c2ccc(OC)c(OC)c2)o1. The fourth-order valence-corrected chi connectivity index (χ4v) is 3.09. The van der Waals surface area contributed by atoms with E-state index in [9.17, 15) is 4.39 Å². The van der Waals surface area contributed by atoms with Gasteiger partial charge in [-0.3, -0.25) is 0 Å². The van der Waals surface area contributed by atoms with E-state index in [0.29, 0.717) is 45.2 Å². The van der Waals surface area contributed by atoms with E-state index in [1.54, 1.807) is 45.6 Å². The Kier molecular flexibility index (Phi) is 5.62. The molecule has 0 saturated carbocycles. The van der Waals surface area contributed by atoms with Crippen molar-refractivity contribution in [3.05, 3.63) is 47.8 Å². The lowest BCUT2D eigenvalue weighted by atomic mass is 10.2. The molecular weight excluding hydrogens is 359 g/mol. The molecule has 0 N–H and O–H groups in total. The number of nitrogens with zero attached hydrogens (tertiary/aromatic N) is 2. The zero-order valence-electron chi connectivity index (χ0n) is 14.5. The summed E-state index contributed by atoms with van der Waals surface area (Å²) in [4.78, 5) is 0. The predicted octanol–water partition coefficient (Wildman–Crippen LogP) is 4.19. The van der Waals surface area contributed by atoms with Gasteiger partial charge in [-0.2, -0.15) is 0 Å². The number of halogens is 1. The Morgan fingerprint density at radius 3 is 2.38 bits per heavy atom. The van der Waals surface area contributed by atoms with Crippen LogP contribution in [0.25, 0.3) is 11.5 Å². The lowest BCUT2D eigenvalue weighted by Crippen LogP contribution is -1.91. The van der Waals surface area contributed by atoms with Gasteiger partial charge in [0.05, 0.1) is 21.3 Å². The van der Waals surface area contributed by atoms with Gasteiger partial charge in [-0.15, -0.1) is 10.2 Å². The molecule has 0 aliphatic rings. The van der Waals surface area contributed by atoms with Crippen LogP contribution in [0.3, 0.4) is 0 Å². The topological polar surface area (TPSA) is 66.6 Å². The van der Waals surface area contributed by atoms with Crippen LogP contribution in [-0.2, 0) is 5.75 Å². The van der Waals surface area contributed by atoms with E-state index in [4.69, 9.17) is 18.6 Å². The van der Waals surface area contributed by atoms with Gasteiger partial charge in [-0.1, -0.05) is 11.8 Å². The summed E-state index contributed by atoms with van der Waals surface area (Å²) in [6.07, 6.45) is 0. The van der Waals surface area contributed by atoms with Crippen molar-refractivity contribution in [3.63, 3.8) is 0 Å². The zero-order chi connectivity index (χ0) is 18.5. The fourth-order valence-electron chi connectivity index (χ4n) is 2.35. The molecule has 6 nitrogen and oxygen atoms in total. The standard InChI is InChI=1S/C18H17FN2O4S/c1-22-14-7-5-13(19)8-12(14)10-26-18-21-20-17(25-18)11-4-6-15(23-2)16(9-11)24-3/h4-9H,10H2,1-3H3. The van der Waals surface area contributed by atoms with Crippen molar-refractivity contribution in [1.29, 1.82) is 0 Å². The highest BCUT2D eigenvalue weighted by atomic mass is 32.2. The Hall–Kier alpha value is -2.74. The van der Waals surface area contributed by atoms with E-state index in [1.165, 1.54) is 23.9 Å². The maximum absolute atomic E-state index is 13.4. The summed E-state index contributed by atoms with van der Waals surface area (Å²) in [5.74, 6) is 2.27. The molecule has 3 rings (SSSR count). The molecule has 0 atom stereocenters. The van der Waals surface area contributed by atoms with Crippen molar-refractivity contribution in [2.24, 2.45) is 0 Å². The molecule has 136 valence electrons. The molecule has 8 heteroatoms. The van der Waals surface area contributed by atoms with Crippen molar-refractivity contribution in [1.82, 2.24) is 10.2 Å². The molecule has 1 heterocycles. The number of methoxy groups -OCH3 is 3. The monoisotopic (exact) mass is 376 g/mol. The zero-order valence-corrected chi connectivity index (χ0v) is 15.3. The van der Waals surface area contributed by atoms with Crippen molar-refractivity contribution in [3.8, 4) is 28.7 Å². The molecule has 0 aliphatic carbocycles. The molecule has 0 fully saturated rings. The second-order valence-corrected chi connectivity index (χ2v) is 6.11. The third kappa shape index (κ3) is 3.91. The van der Waals surface area contributed by atoms with Crippen LogP contribution in [0.2, 0.25) is 0 Å². The fraction of sp³-hybridized carbons (Fsp3) is 0.222. The van der Waals surface area contributed by atoms with Crippen LogP contribution in [0, 0.1) is 5.82 Å². The van der Waals surface area contributed by atoms with Gasteiger partial charge in [0.15, 0.2) is 11.5 Å². The molecule has 26 heavy (non-hydrogen) atoms. The number of ether oxygens (including phenoxy) is 3. The van der Waals surface area contributed by atoms with Gasteiger partial charge in [0, 0.05) is 16.9 Å².